The van der Waals surface area contributed by atoms with Crippen molar-refractivity contribution in [2.75, 3.05) is 46.4 Å². The van der Waals surface area contributed by atoms with Crippen LogP contribution < -0.4 is 15.4 Å². The van der Waals surface area contributed by atoms with E-state index in [0.717, 1.165) is 30.1 Å². The molecule has 0 unspecified atom stereocenters. The van der Waals surface area contributed by atoms with Gasteiger partial charge >= 0.3 is 0 Å². The summed E-state index contributed by atoms with van der Waals surface area (Å²) in [5.74, 6) is 0.943. The summed E-state index contributed by atoms with van der Waals surface area (Å²) in [7, 11) is 2.26. The average molecular weight is 304 g/mol. The third-order valence-corrected chi connectivity index (χ3v) is 4.88. The zero-order valence-corrected chi connectivity index (χ0v) is 14.0. The molecule has 0 amide bonds. The van der Waals surface area contributed by atoms with E-state index in [2.05, 4.69) is 42.6 Å². The Balaban J connectivity index is 1.67. The van der Waals surface area contributed by atoms with Gasteiger partial charge in [-0.05, 0) is 25.5 Å². The van der Waals surface area contributed by atoms with Crippen LogP contribution in [-0.4, -0.2) is 56.3 Å². The lowest BCUT2D eigenvalue weighted by Gasteiger charge is -2.29. The minimum atomic E-state index is 0.738. The normalized spacial score (nSPS) is 17.3. The quantitative estimate of drug-likeness (QED) is 0.737. The molecule has 2 aromatic rings. The first-order valence-electron chi connectivity index (χ1n) is 8.16. The number of aromatic amines is 1. The summed E-state index contributed by atoms with van der Waals surface area (Å²) in [4.78, 5) is 7.57. The number of piperazine rings is 1. The molecular weight excluding hydrogens is 276 g/mol. The molecule has 22 heavy (non-hydrogen) atoms. The molecule has 0 aliphatic carbocycles. The average Bonchev–Trinajstić information content (AvgIpc) is 2.80. The molecule has 5 nitrogen and oxygen atoms in total. The largest absolute Gasteiger partial charge is 0.490 e. The summed E-state index contributed by atoms with van der Waals surface area (Å²) in [5.41, 5.74) is 8.75. The van der Waals surface area contributed by atoms with Crippen molar-refractivity contribution in [1.82, 2.24) is 9.88 Å². The molecule has 0 spiro atoms. The molecule has 1 saturated heterocycles. The molecule has 5 heteroatoms. The van der Waals surface area contributed by atoms with Crippen molar-refractivity contribution in [2.45, 2.75) is 13.8 Å². The predicted octanol–water partition coefficient (Wildman–Crippen LogP) is -0.133. The van der Waals surface area contributed by atoms with Crippen LogP contribution in [0.5, 0.6) is 5.75 Å². The Morgan fingerprint density at radius 1 is 1.27 bits per heavy atom. The van der Waals surface area contributed by atoms with Crippen LogP contribution >= 0.6 is 0 Å². The highest BCUT2D eigenvalue weighted by molar-refractivity contribution is 5.96. The second kappa shape index (κ2) is 6.28. The van der Waals surface area contributed by atoms with Gasteiger partial charge in [-0.1, -0.05) is 0 Å². The Morgan fingerprint density at radius 3 is 2.73 bits per heavy atom. The topological polar surface area (TPSA) is 60.3 Å². The summed E-state index contributed by atoms with van der Waals surface area (Å²) < 4.78 is 6.06. The van der Waals surface area contributed by atoms with Gasteiger partial charge in [0.25, 0.3) is 0 Å². The molecule has 1 fully saturated rings. The standard InChI is InChI=1S/C17H26N4O/c1-12-13(2)19-17-15(5-4-14(18)16(12)17)22-11-10-21-8-6-20(3)7-9-21/h4-5,19H,6-11,18H2,1-3H3/p+2. The number of hydrogen-bond donors (Lipinski definition) is 3. The number of fused-ring (bicyclic) bond motifs is 1. The highest BCUT2D eigenvalue weighted by Gasteiger charge is 2.17. The molecule has 1 aromatic carbocycles. The summed E-state index contributed by atoms with van der Waals surface area (Å²) in [6.07, 6.45) is 0. The van der Waals surface area contributed by atoms with Crippen molar-refractivity contribution in [3.8, 4) is 5.75 Å². The van der Waals surface area contributed by atoms with Crippen LogP contribution in [0.2, 0.25) is 0 Å². The van der Waals surface area contributed by atoms with Gasteiger partial charge in [0.15, 0.2) is 0 Å². The van der Waals surface area contributed by atoms with Gasteiger partial charge in [-0.15, -0.1) is 0 Å². The lowest BCUT2D eigenvalue weighted by Crippen LogP contribution is -3.12. The maximum Gasteiger partial charge on any atom is 0.143 e. The SMILES string of the molecule is Cc1[nH]c2c(OCCN3CC[NH+](C)CC3)ccc([NH3+])c2c1C. The Kier molecular flexibility index (Phi) is 4.38. The summed E-state index contributed by atoms with van der Waals surface area (Å²) in [6, 6.07) is 4.09. The Hall–Kier alpha value is -1.56. The van der Waals surface area contributed by atoms with Gasteiger partial charge in [0, 0.05) is 31.4 Å². The summed E-state index contributed by atoms with van der Waals surface area (Å²) in [5, 5.41) is 1.21. The lowest BCUT2D eigenvalue weighted by molar-refractivity contribution is -0.884. The van der Waals surface area contributed by atoms with E-state index in [-0.39, 0.29) is 0 Å². The van der Waals surface area contributed by atoms with Crippen LogP contribution in [0.15, 0.2) is 12.1 Å². The molecule has 5 N–H and O–H groups in total. The van der Waals surface area contributed by atoms with Crippen molar-refractivity contribution in [2.24, 2.45) is 0 Å². The van der Waals surface area contributed by atoms with E-state index in [4.69, 9.17) is 4.74 Å². The zero-order valence-electron chi connectivity index (χ0n) is 14.0. The van der Waals surface area contributed by atoms with E-state index < -0.39 is 0 Å². The van der Waals surface area contributed by atoms with E-state index in [1.165, 1.54) is 42.8 Å². The third kappa shape index (κ3) is 2.97. The molecule has 1 aliphatic heterocycles. The zero-order chi connectivity index (χ0) is 15.7. The van der Waals surface area contributed by atoms with Gasteiger partial charge in [0.2, 0.25) is 0 Å². The number of aryl methyl sites for hydroxylation is 2. The van der Waals surface area contributed by atoms with E-state index >= 15 is 0 Å². The number of H-pyrrole nitrogens is 1. The number of quaternary nitrogens is 2. The predicted molar refractivity (Wildman–Crippen MR) is 88.9 cm³/mol. The smallest absolute Gasteiger partial charge is 0.143 e. The molecular formula is C17H28N4O+2. The van der Waals surface area contributed by atoms with E-state index in [1.54, 1.807) is 4.90 Å². The van der Waals surface area contributed by atoms with Crippen molar-refractivity contribution >= 4 is 16.6 Å². The Labute approximate surface area is 132 Å². The van der Waals surface area contributed by atoms with Crippen molar-refractivity contribution < 1.29 is 15.4 Å². The first-order valence-corrected chi connectivity index (χ1v) is 8.16. The number of aromatic nitrogens is 1. The molecule has 0 bridgehead atoms. The second-order valence-corrected chi connectivity index (χ2v) is 6.50. The maximum atomic E-state index is 6.06. The first-order chi connectivity index (χ1) is 10.6. The molecule has 0 atom stereocenters. The van der Waals surface area contributed by atoms with Crippen molar-refractivity contribution in [1.29, 1.82) is 0 Å². The van der Waals surface area contributed by atoms with Crippen LogP contribution in [0.1, 0.15) is 11.3 Å². The molecule has 3 rings (SSSR count). The fraction of sp³-hybridized carbons (Fsp3) is 0.529. The number of nitrogens with zero attached hydrogens (tertiary/aromatic N) is 1. The van der Waals surface area contributed by atoms with E-state index in [9.17, 15) is 0 Å². The molecule has 120 valence electrons. The monoisotopic (exact) mass is 304 g/mol. The van der Waals surface area contributed by atoms with Crippen molar-refractivity contribution in [3.63, 3.8) is 0 Å². The maximum absolute atomic E-state index is 6.06. The second-order valence-electron chi connectivity index (χ2n) is 6.50. The number of likely N-dealkylation sites (N-methyl/N-ethyl adjacent to an activating group) is 1. The van der Waals surface area contributed by atoms with Crippen molar-refractivity contribution in [3.05, 3.63) is 23.4 Å². The highest BCUT2D eigenvalue weighted by atomic mass is 16.5. The molecule has 1 aromatic heterocycles. The van der Waals surface area contributed by atoms with Gasteiger partial charge in [0.1, 0.15) is 18.0 Å². The van der Waals surface area contributed by atoms with Crippen LogP contribution in [0.25, 0.3) is 10.9 Å². The fourth-order valence-corrected chi connectivity index (χ4v) is 3.21. The van der Waals surface area contributed by atoms with Gasteiger partial charge in [-0.3, -0.25) is 4.90 Å². The molecule has 2 heterocycles. The summed E-state index contributed by atoms with van der Waals surface area (Å²) in [6.45, 7) is 10.8. The number of rotatable bonds is 4. The lowest BCUT2D eigenvalue weighted by atomic mass is 10.1. The van der Waals surface area contributed by atoms with Crippen LogP contribution in [0.3, 0.4) is 0 Å². The van der Waals surface area contributed by atoms with Gasteiger partial charge in [0.05, 0.1) is 31.0 Å². The van der Waals surface area contributed by atoms with Gasteiger partial charge in [-0.2, -0.15) is 0 Å². The summed E-state index contributed by atoms with van der Waals surface area (Å²) >= 11 is 0. The van der Waals surface area contributed by atoms with Crippen LogP contribution in [-0.2, 0) is 0 Å². The fourth-order valence-electron chi connectivity index (χ4n) is 3.21. The van der Waals surface area contributed by atoms with Gasteiger partial charge < -0.3 is 20.4 Å². The third-order valence-electron chi connectivity index (χ3n) is 4.88. The Bertz CT molecular complexity index is 656. The number of ether oxygens (including phenoxy) is 1. The van der Waals surface area contributed by atoms with E-state index in [1.807, 2.05) is 6.07 Å². The minimum Gasteiger partial charge on any atom is -0.490 e. The van der Waals surface area contributed by atoms with E-state index in [0.29, 0.717) is 0 Å². The van der Waals surface area contributed by atoms with Crippen LogP contribution in [0, 0.1) is 13.8 Å². The molecule has 1 aliphatic rings. The number of nitrogens with one attached hydrogen (secondary N) is 2. The minimum absolute atomic E-state index is 0.738. The highest BCUT2D eigenvalue weighted by Crippen LogP contribution is 2.32. The van der Waals surface area contributed by atoms with Crippen LogP contribution in [0.4, 0.5) is 5.69 Å². The molecule has 0 saturated carbocycles. The number of benzene rings is 1. The Morgan fingerprint density at radius 2 is 2.00 bits per heavy atom. The number of hydrogen-bond acceptors (Lipinski definition) is 2. The molecule has 0 radical (unpaired) electrons. The van der Waals surface area contributed by atoms with Gasteiger partial charge in [-0.25, -0.2) is 0 Å². The first kappa shape index (κ1) is 15.3.